The number of carbonyl (C=O) groups excluding carboxylic acids is 1. The second-order valence-corrected chi connectivity index (χ2v) is 7.61. The average molecular weight is 344 g/mol. The summed E-state index contributed by atoms with van der Waals surface area (Å²) in [6, 6.07) is 7.77. The topological polar surface area (TPSA) is 51.7 Å². The van der Waals surface area contributed by atoms with Crippen LogP contribution in [0.2, 0.25) is 0 Å². The number of pyridine rings is 1. The van der Waals surface area contributed by atoms with E-state index in [0.29, 0.717) is 38.7 Å². The number of hydrogen-bond donors (Lipinski definition) is 0. The summed E-state index contributed by atoms with van der Waals surface area (Å²) in [6.07, 6.45) is 3.94. The van der Waals surface area contributed by atoms with Gasteiger partial charge in [0, 0.05) is 30.1 Å². The summed E-state index contributed by atoms with van der Waals surface area (Å²) in [7, 11) is 0. The van der Waals surface area contributed by atoms with Gasteiger partial charge in [0.1, 0.15) is 5.75 Å². The molecular formula is C18H20N2O3S. The van der Waals surface area contributed by atoms with E-state index in [-0.39, 0.29) is 11.3 Å². The van der Waals surface area contributed by atoms with E-state index in [1.54, 1.807) is 23.7 Å². The molecule has 0 aromatic carbocycles. The third kappa shape index (κ3) is 3.03. The van der Waals surface area contributed by atoms with Crippen LogP contribution in [0.5, 0.6) is 5.75 Å². The SMILES string of the molecule is O=C(Cc1cccs1)N1C[C@@H]2COC[C@]2(COc2cccnc2)C1. The first kappa shape index (κ1) is 15.6. The number of likely N-dealkylation sites (tertiary alicyclic amines) is 1. The molecule has 0 spiro atoms. The van der Waals surface area contributed by atoms with E-state index >= 15 is 0 Å². The van der Waals surface area contributed by atoms with Gasteiger partial charge in [0.2, 0.25) is 5.91 Å². The monoisotopic (exact) mass is 344 g/mol. The molecule has 4 rings (SSSR count). The minimum absolute atomic E-state index is 0.0963. The van der Waals surface area contributed by atoms with Crippen molar-refractivity contribution in [2.75, 3.05) is 32.9 Å². The number of ether oxygens (including phenoxy) is 2. The summed E-state index contributed by atoms with van der Waals surface area (Å²) in [5, 5.41) is 2.01. The van der Waals surface area contributed by atoms with Gasteiger partial charge in [-0.15, -0.1) is 11.3 Å². The Bertz CT molecular complexity index is 692. The van der Waals surface area contributed by atoms with Gasteiger partial charge in [-0.2, -0.15) is 0 Å². The molecule has 1 amide bonds. The van der Waals surface area contributed by atoms with Crippen LogP contribution in [0.25, 0.3) is 0 Å². The fraction of sp³-hybridized carbons (Fsp3) is 0.444. The highest BCUT2D eigenvalue weighted by molar-refractivity contribution is 7.10. The van der Waals surface area contributed by atoms with Gasteiger partial charge in [-0.05, 0) is 23.6 Å². The molecule has 2 aliphatic rings. The Morgan fingerprint density at radius 1 is 1.46 bits per heavy atom. The van der Waals surface area contributed by atoms with Gasteiger partial charge in [-0.25, -0.2) is 0 Å². The van der Waals surface area contributed by atoms with Crippen molar-refractivity contribution in [3.05, 3.63) is 46.9 Å². The molecule has 2 aromatic heterocycles. The Morgan fingerprint density at radius 2 is 2.42 bits per heavy atom. The van der Waals surface area contributed by atoms with Crippen molar-refractivity contribution >= 4 is 17.2 Å². The molecule has 0 radical (unpaired) electrons. The first-order valence-electron chi connectivity index (χ1n) is 8.16. The standard InChI is InChI=1S/C18H20N2O3S/c21-17(7-16-4-2-6-24-16)20-9-14-10-22-12-18(14,11-20)13-23-15-3-1-5-19-8-15/h1-6,8,14H,7,9-13H2/t14-,18+/m1/s1. The van der Waals surface area contributed by atoms with Crippen molar-refractivity contribution in [1.82, 2.24) is 9.88 Å². The molecule has 0 aliphatic carbocycles. The molecule has 2 fully saturated rings. The lowest BCUT2D eigenvalue weighted by Gasteiger charge is -2.27. The fourth-order valence-corrected chi connectivity index (χ4v) is 4.26. The first-order chi connectivity index (χ1) is 11.8. The second-order valence-electron chi connectivity index (χ2n) is 6.58. The summed E-state index contributed by atoms with van der Waals surface area (Å²) in [5.74, 6) is 1.31. The maximum Gasteiger partial charge on any atom is 0.227 e. The maximum atomic E-state index is 12.6. The minimum Gasteiger partial charge on any atom is -0.491 e. The average Bonchev–Trinajstić information content (AvgIpc) is 3.29. The van der Waals surface area contributed by atoms with Gasteiger partial charge in [0.05, 0.1) is 37.9 Å². The number of carbonyl (C=O) groups is 1. The molecule has 2 atom stereocenters. The largest absolute Gasteiger partial charge is 0.491 e. The zero-order valence-corrected chi connectivity index (χ0v) is 14.2. The normalized spacial score (nSPS) is 25.7. The van der Waals surface area contributed by atoms with Gasteiger partial charge in [-0.3, -0.25) is 9.78 Å². The molecule has 0 N–H and O–H groups in total. The second kappa shape index (κ2) is 6.53. The van der Waals surface area contributed by atoms with E-state index < -0.39 is 0 Å². The lowest BCUT2D eigenvalue weighted by atomic mass is 9.82. The van der Waals surface area contributed by atoms with Crippen LogP contribution in [0.3, 0.4) is 0 Å². The molecule has 4 heterocycles. The molecule has 6 heteroatoms. The quantitative estimate of drug-likeness (QED) is 0.835. The van der Waals surface area contributed by atoms with Crippen LogP contribution < -0.4 is 4.74 Å². The number of hydrogen-bond acceptors (Lipinski definition) is 5. The van der Waals surface area contributed by atoms with E-state index in [1.807, 2.05) is 34.5 Å². The molecular weight excluding hydrogens is 324 g/mol. The van der Waals surface area contributed by atoms with E-state index in [2.05, 4.69) is 4.98 Å². The maximum absolute atomic E-state index is 12.6. The van der Waals surface area contributed by atoms with Crippen LogP contribution in [0, 0.1) is 11.3 Å². The summed E-state index contributed by atoms with van der Waals surface area (Å²) >= 11 is 1.63. The van der Waals surface area contributed by atoms with Crippen LogP contribution in [0.4, 0.5) is 0 Å². The lowest BCUT2D eigenvalue weighted by molar-refractivity contribution is -0.130. The number of thiophene rings is 1. The molecule has 2 aromatic rings. The van der Waals surface area contributed by atoms with E-state index in [0.717, 1.165) is 17.2 Å². The van der Waals surface area contributed by atoms with Crippen LogP contribution >= 0.6 is 11.3 Å². The smallest absolute Gasteiger partial charge is 0.227 e. The number of amides is 1. The third-order valence-corrected chi connectivity index (χ3v) is 5.82. The number of rotatable bonds is 5. The molecule has 0 bridgehead atoms. The van der Waals surface area contributed by atoms with Crippen LogP contribution in [-0.4, -0.2) is 48.7 Å². The highest BCUT2D eigenvalue weighted by Gasteiger charge is 2.52. The van der Waals surface area contributed by atoms with Crippen molar-refractivity contribution in [1.29, 1.82) is 0 Å². The zero-order valence-electron chi connectivity index (χ0n) is 13.4. The zero-order chi connectivity index (χ0) is 16.4. The fourth-order valence-electron chi connectivity index (χ4n) is 3.56. The van der Waals surface area contributed by atoms with Gasteiger partial charge < -0.3 is 14.4 Å². The summed E-state index contributed by atoms with van der Waals surface area (Å²) in [4.78, 5) is 19.8. The molecule has 2 saturated heterocycles. The van der Waals surface area contributed by atoms with Gasteiger partial charge in [0.15, 0.2) is 0 Å². The van der Waals surface area contributed by atoms with Crippen LogP contribution in [0.1, 0.15) is 4.88 Å². The van der Waals surface area contributed by atoms with Crippen molar-refractivity contribution in [2.24, 2.45) is 11.3 Å². The molecule has 0 unspecified atom stereocenters. The number of nitrogens with zero attached hydrogens (tertiary/aromatic N) is 2. The summed E-state index contributed by atoms with van der Waals surface area (Å²) in [5.41, 5.74) is -0.0963. The predicted molar refractivity (Wildman–Crippen MR) is 91.1 cm³/mol. The van der Waals surface area contributed by atoms with Crippen molar-refractivity contribution in [3.63, 3.8) is 0 Å². The lowest BCUT2D eigenvalue weighted by Crippen LogP contribution is -2.38. The molecule has 2 aliphatic heterocycles. The Balaban J connectivity index is 1.42. The molecule has 24 heavy (non-hydrogen) atoms. The van der Waals surface area contributed by atoms with E-state index in [9.17, 15) is 4.79 Å². The molecule has 0 saturated carbocycles. The van der Waals surface area contributed by atoms with Crippen molar-refractivity contribution in [2.45, 2.75) is 6.42 Å². The Morgan fingerprint density at radius 3 is 3.21 bits per heavy atom. The van der Waals surface area contributed by atoms with E-state index in [1.165, 1.54) is 0 Å². The van der Waals surface area contributed by atoms with Gasteiger partial charge >= 0.3 is 0 Å². The summed E-state index contributed by atoms with van der Waals surface area (Å²) in [6.45, 7) is 3.40. The van der Waals surface area contributed by atoms with Crippen molar-refractivity contribution in [3.8, 4) is 5.75 Å². The Kier molecular flexibility index (Phi) is 4.24. The predicted octanol–water partition coefficient (Wildman–Crippen LogP) is 2.24. The molecule has 5 nitrogen and oxygen atoms in total. The number of aromatic nitrogens is 1. The number of fused-ring (bicyclic) bond motifs is 1. The summed E-state index contributed by atoms with van der Waals surface area (Å²) < 4.78 is 11.7. The van der Waals surface area contributed by atoms with Gasteiger partial charge in [-0.1, -0.05) is 6.07 Å². The third-order valence-electron chi connectivity index (χ3n) is 4.94. The van der Waals surface area contributed by atoms with E-state index in [4.69, 9.17) is 9.47 Å². The Labute approximate surface area is 145 Å². The Hall–Kier alpha value is -1.92. The highest BCUT2D eigenvalue weighted by atomic mass is 32.1. The van der Waals surface area contributed by atoms with Crippen molar-refractivity contribution < 1.29 is 14.3 Å². The molecule has 126 valence electrons. The van der Waals surface area contributed by atoms with Crippen LogP contribution in [-0.2, 0) is 16.0 Å². The minimum atomic E-state index is -0.0963. The first-order valence-corrected chi connectivity index (χ1v) is 9.04. The van der Waals surface area contributed by atoms with Crippen LogP contribution in [0.15, 0.2) is 42.0 Å². The highest BCUT2D eigenvalue weighted by Crippen LogP contribution is 2.41. The van der Waals surface area contributed by atoms with Gasteiger partial charge in [0.25, 0.3) is 0 Å².